The standard InChI is InChI=1S/C13H11BrFNO2/c1-8-2-4-10(18-8)7-16-13(17)11-6-9(15)3-5-12(11)14/h2-6H,7H2,1H3,(H,16,17). The average Bonchev–Trinajstić information content (AvgIpc) is 2.75. The zero-order chi connectivity index (χ0) is 13.1. The van der Waals surface area contributed by atoms with Gasteiger partial charge in [-0.15, -0.1) is 0 Å². The van der Waals surface area contributed by atoms with E-state index in [2.05, 4.69) is 21.2 Å². The van der Waals surface area contributed by atoms with E-state index in [9.17, 15) is 9.18 Å². The van der Waals surface area contributed by atoms with Crippen LogP contribution < -0.4 is 5.32 Å². The number of halogens is 2. The minimum atomic E-state index is -0.447. The van der Waals surface area contributed by atoms with Crippen LogP contribution in [0.2, 0.25) is 0 Å². The van der Waals surface area contributed by atoms with Crippen molar-refractivity contribution < 1.29 is 13.6 Å². The molecule has 0 bridgehead atoms. The lowest BCUT2D eigenvalue weighted by atomic mass is 10.2. The number of amides is 1. The second kappa shape index (κ2) is 5.35. The normalized spacial score (nSPS) is 10.4. The molecule has 2 aromatic rings. The van der Waals surface area contributed by atoms with E-state index in [1.807, 2.05) is 13.0 Å². The van der Waals surface area contributed by atoms with Gasteiger partial charge in [-0.05, 0) is 53.2 Å². The van der Waals surface area contributed by atoms with Gasteiger partial charge in [0.1, 0.15) is 17.3 Å². The van der Waals surface area contributed by atoms with Crippen molar-refractivity contribution in [2.75, 3.05) is 0 Å². The molecule has 2 rings (SSSR count). The molecular formula is C13H11BrFNO2. The molecule has 5 heteroatoms. The Morgan fingerprint density at radius 1 is 1.39 bits per heavy atom. The van der Waals surface area contributed by atoms with Gasteiger partial charge in [0.15, 0.2) is 0 Å². The van der Waals surface area contributed by atoms with Gasteiger partial charge in [0, 0.05) is 4.47 Å². The number of hydrogen-bond acceptors (Lipinski definition) is 2. The zero-order valence-electron chi connectivity index (χ0n) is 9.67. The number of carbonyl (C=O) groups excluding carboxylic acids is 1. The van der Waals surface area contributed by atoms with E-state index in [-0.39, 0.29) is 18.0 Å². The van der Waals surface area contributed by atoms with Gasteiger partial charge >= 0.3 is 0 Å². The average molecular weight is 312 g/mol. The van der Waals surface area contributed by atoms with Crippen LogP contribution in [-0.2, 0) is 6.54 Å². The Hall–Kier alpha value is -1.62. The summed E-state index contributed by atoms with van der Waals surface area (Å²) in [6.07, 6.45) is 0. The van der Waals surface area contributed by atoms with Crippen LogP contribution in [0.15, 0.2) is 39.2 Å². The molecule has 1 heterocycles. The largest absolute Gasteiger partial charge is 0.465 e. The lowest BCUT2D eigenvalue weighted by molar-refractivity contribution is 0.0946. The van der Waals surface area contributed by atoms with E-state index in [1.165, 1.54) is 18.2 Å². The number of nitrogens with one attached hydrogen (secondary N) is 1. The Labute approximate surface area is 112 Å². The maximum atomic E-state index is 13.1. The molecule has 0 spiro atoms. The summed E-state index contributed by atoms with van der Waals surface area (Å²) in [5, 5.41) is 2.67. The molecule has 0 aliphatic carbocycles. The third kappa shape index (κ3) is 2.98. The van der Waals surface area contributed by atoms with Crippen molar-refractivity contribution in [3.05, 3.63) is 57.7 Å². The van der Waals surface area contributed by atoms with E-state index in [4.69, 9.17) is 4.42 Å². The summed E-state index contributed by atoms with van der Waals surface area (Å²) in [5.74, 6) is 0.646. The number of hydrogen-bond donors (Lipinski definition) is 1. The molecule has 0 aliphatic rings. The summed E-state index contributed by atoms with van der Waals surface area (Å²) in [4.78, 5) is 11.8. The molecule has 1 amide bonds. The Bertz CT molecular complexity index is 580. The first-order valence-corrected chi connectivity index (χ1v) is 6.14. The summed E-state index contributed by atoms with van der Waals surface area (Å²) in [6, 6.07) is 7.58. The highest BCUT2D eigenvalue weighted by Crippen LogP contribution is 2.17. The fourth-order valence-electron chi connectivity index (χ4n) is 1.51. The van der Waals surface area contributed by atoms with Crippen LogP contribution in [0.4, 0.5) is 4.39 Å². The van der Waals surface area contributed by atoms with Crippen LogP contribution in [0, 0.1) is 12.7 Å². The predicted octanol–water partition coefficient (Wildman–Crippen LogP) is 3.42. The lowest BCUT2D eigenvalue weighted by Crippen LogP contribution is -2.23. The topological polar surface area (TPSA) is 42.2 Å². The van der Waals surface area contributed by atoms with Gasteiger partial charge in [0.2, 0.25) is 0 Å². The van der Waals surface area contributed by atoms with Crippen LogP contribution in [0.5, 0.6) is 0 Å². The van der Waals surface area contributed by atoms with Gasteiger partial charge in [0.05, 0.1) is 12.1 Å². The third-order valence-electron chi connectivity index (χ3n) is 2.39. The summed E-state index contributed by atoms with van der Waals surface area (Å²) in [7, 11) is 0. The highest BCUT2D eigenvalue weighted by atomic mass is 79.9. The Kier molecular flexibility index (Phi) is 3.81. The van der Waals surface area contributed by atoms with E-state index < -0.39 is 5.82 Å². The molecule has 94 valence electrons. The van der Waals surface area contributed by atoms with Gasteiger partial charge in [0.25, 0.3) is 5.91 Å². The van der Waals surface area contributed by atoms with Crippen LogP contribution in [0.25, 0.3) is 0 Å². The molecular weight excluding hydrogens is 301 g/mol. The molecule has 1 aromatic carbocycles. The monoisotopic (exact) mass is 311 g/mol. The molecule has 0 radical (unpaired) electrons. The summed E-state index contributed by atoms with van der Waals surface area (Å²) in [6.45, 7) is 2.10. The van der Waals surface area contributed by atoms with Crippen LogP contribution >= 0.6 is 15.9 Å². The molecule has 18 heavy (non-hydrogen) atoms. The van der Waals surface area contributed by atoms with Crippen molar-refractivity contribution in [2.45, 2.75) is 13.5 Å². The number of benzene rings is 1. The summed E-state index contributed by atoms with van der Waals surface area (Å²) < 4.78 is 18.9. The summed E-state index contributed by atoms with van der Waals surface area (Å²) in [5.41, 5.74) is 0.262. The van der Waals surface area contributed by atoms with Gasteiger partial charge in [-0.3, -0.25) is 4.79 Å². The maximum absolute atomic E-state index is 13.1. The molecule has 3 nitrogen and oxygen atoms in total. The molecule has 0 aliphatic heterocycles. The Morgan fingerprint density at radius 3 is 2.83 bits per heavy atom. The SMILES string of the molecule is Cc1ccc(CNC(=O)c2cc(F)ccc2Br)o1. The molecule has 0 unspecified atom stereocenters. The smallest absolute Gasteiger partial charge is 0.252 e. The van der Waals surface area contributed by atoms with Crippen molar-refractivity contribution in [2.24, 2.45) is 0 Å². The first kappa shape index (κ1) is 12.8. The number of aryl methyl sites for hydroxylation is 1. The van der Waals surface area contributed by atoms with Gasteiger partial charge in [-0.2, -0.15) is 0 Å². The van der Waals surface area contributed by atoms with Crippen molar-refractivity contribution in [1.82, 2.24) is 5.32 Å². The van der Waals surface area contributed by atoms with E-state index >= 15 is 0 Å². The fourth-order valence-corrected chi connectivity index (χ4v) is 1.94. The molecule has 0 fully saturated rings. The summed E-state index contributed by atoms with van der Waals surface area (Å²) >= 11 is 3.21. The third-order valence-corrected chi connectivity index (χ3v) is 3.08. The van der Waals surface area contributed by atoms with Crippen molar-refractivity contribution in [3.8, 4) is 0 Å². The number of carbonyl (C=O) groups is 1. The first-order chi connectivity index (χ1) is 8.56. The lowest BCUT2D eigenvalue weighted by Gasteiger charge is -2.05. The number of rotatable bonds is 3. The minimum absolute atomic E-state index is 0.262. The van der Waals surface area contributed by atoms with Crippen LogP contribution in [0.1, 0.15) is 21.9 Å². The molecule has 0 saturated carbocycles. The van der Waals surface area contributed by atoms with Gasteiger partial charge in [-0.25, -0.2) is 4.39 Å². The number of furan rings is 1. The molecule has 1 aromatic heterocycles. The fraction of sp³-hybridized carbons (Fsp3) is 0.154. The predicted molar refractivity (Wildman–Crippen MR) is 68.7 cm³/mol. The molecule has 0 saturated heterocycles. The zero-order valence-corrected chi connectivity index (χ0v) is 11.3. The second-order valence-corrected chi connectivity index (χ2v) is 4.67. The van der Waals surface area contributed by atoms with Crippen molar-refractivity contribution in [3.63, 3.8) is 0 Å². The van der Waals surface area contributed by atoms with E-state index in [0.717, 1.165) is 5.76 Å². The Balaban J connectivity index is 2.05. The highest BCUT2D eigenvalue weighted by molar-refractivity contribution is 9.10. The molecule has 0 atom stereocenters. The van der Waals surface area contributed by atoms with Crippen LogP contribution in [-0.4, -0.2) is 5.91 Å². The maximum Gasteiger partial charge on any atom is 0.252 e. The quantitative estimate of drug-likeness (QED) is 0.943. The van der Waals surface area contributed by atoms with Crippen molar-refractivity contribution in [1.29, 1.82) is 0 Å². The van der Waals surface area contributed by atoms with Crippen molar-refractivity contribution >= 4 is 21.8 Å². The van der Waals surface area contributed by atoms with Gasteiger partial charge < -0.3 is 9.73 Å². The highest BCUT2D eigenvalue weighted by Gasteiger charge is 2.11. The van der Waals surface area contributed by atoms with Gasteiger partial charge in [-0.1, -0.05) is 0 Å². The second-order valence-electron chi connectivity index (χ2n) is 3.82. The van der Waals surface area contributed by atoms with E-state index in [1.54, 1.807) is 6.07 Å². The Morgan fingerprint density at radius 2 is 2.17 bits per heavy atom. The molecule has 1 N–H and O–H groups in total. The minimum Gasteiger partial charge on any atom is -0.465 e. The van der Waals surface area contributed by atoms with E-state index in [0.29, 0.717) is 10.2 Å². The van der Waals surface area contributed by atoms with Crippen LogP contribution in [0.3, 0.4) is 0 Å². The first-order valence-electron chi connectivity index (χ1n) is 5.35.